The third-order valence-electron chi connectivity index (χ3n) is 2.99. The van der Waals surface area contributed by atoms with E-state index in [1.165, 1.54) is 4.63 Å². The molecule has 0 spiro atoms. The lowest BCUT2D eigenvalue weighted by atomic mass is 10.1. The number of hydrogen-bond donors (Lipinski definition) is 0. The van der Waals surface area contributed by atoms with E-state index in [9.17, 15) is 0 Å². The summed E-state index contributed by atoms with van der Waals surface area (Å²) in [5.41, 5.74) is 0.661. The Kier molecular flexibility index (Phi) is 2.72. The predicted molar refractivity (Wildman–Crippen MR) is 61.3 cm³/mol. The Hall–Kier alpha value is -1.72. The van der Waals surface area contributed by atoms with Gasteiger partial charge in [0.25, 0.3) is 0 Å². The molecule has 2 heterocycles. The van der Waals surface area contributed by atoms with E-state index in [0.29, 0.717) is 17.6 Å². The first kappa shape index (κ1) is 10.8. The molecule has 0 saturated heterocycles. The van der Waals surface area contributed by atoms with Gasteiger partial charge in [-0.05, 0) is 35.4 Å². The number of tetrazole rings is 1. The molecule has 2 aromatic rings. The van der Waals surface area contributed by atoms with E-state index in [2.05, 4.69) is 46.3 Å². The van der Waals surface area contributed by atoms with Crippen molar-refractivity contribution in [1.29, 1.82) is 0 Å². The standard InChI is InChI=1S/C10H16N6/c1-7(2)8(3)15(4)10-6-5-9-11-13-14-16(9)12-10/h5-8H,1-4H3. The molecule has 0 aliphatic heterocycles. The molecule has 0 aliphatic rings. The lowest BCUT2D eigenvalue weighted by Gasteiger charge is -2.28. The van der Waals surface area contributed by atoms with Crippen molar-refractivity contribution < 1.29 is 0 Å². The van der Waals surface area contributed by atoms with E-state index in [1.807, 2.05) is 19.2 Å². The van der Waals surface area contributed by atoms with Crippen LogP contribution in [0.5, 0.6) is 0 Å². The number of hydrogen-bond acceptors (Lipinski definition) is 5. The van der Waals surface area contributed by atoms with Gasteiger partial charge in [0.2, 0.25) is 0 Å². The van der Waals surface area contributed by atoms with Gasteiger partial charge in [0.15, 0.2) is 11.5 Å². The Bertz CT molecular complexity index is 477. The fraction of sp³-hybridized carbons (Fsp3) is 0.600. The summed E-state index contributed by atoms with van der Waals surface area (Å²) in [6, 6.07) is 4.22. The Morgan fingerprint density at radius 3 is 2.69 bits per heavy atom. The first-order valence-corrected chi connectivity index (χ1v) is 5.38. The van der Waals surface area contributed by atoms with Gasteiger partial charge in [0.05, 0.1) is 0 Å². The monoisotopic (exact) mass is 220 g/mol. The Morgan fingerprint density at radius 1 is 1.25 bits per heavy atom. The summed E-state index contributed by atoms with van der Waals surface area (Å²) in [5, 5.41) is 15.5. The summed E-state index contributed by atoms with van der Waals surface area (Å²) < 4.78 is 1.44. The Morgan fingerprint density at radius 2 is 2.00 bits per heavy atom. The smallest absolute Gasteiger partial charge is 0.200 e. The van der Waals surface area contributed by atoms with Crippen LogP contribution < -0.4 is 4.90 Å². The van der Waals surface area contributed by atoms with Gasteiger partial charge in [-0.2, -0.15) is 0 Å². The lowest BCUT2D eigenvalue weighted by molar-refractivity contribution is 0.499. The van der Waals surface area contributed by atoms with Gasteiger partial charge in [-0.3, -0.25) is 0 Å². The van der Waals surface area contributed by atoms with Crippen LogP contribution in [0.15, 0.2) is 12.1 Å². The third kappa shape index (κ3) is 1.82. The van der Waals surface area contributed by atoms with E-state index in [1.54, 1.807) is 0 Å². The van der Waals surface area contributed by atoms with Crippen LogP contribution in [-0.2, 0) is 0 Å². The van der Waals surface area contributed by atoms with E-state index in [4.69, 9.17) is 0 Å². The van der Waals surface area contributed by atoms with Crippen LogP contribution >= 0.6 is 0 Å². The average molecular weight is 220 g/mol. The van der Waals surface area contributed by atoms with Gasteiger partial charge >= 0.3 is 0 Å². The van der Waals surface area contributed by atoms with E-state index < -0.39 is 0 Å². The van der Waals surface area contributed by atoms with E-state index >= 15 is 0 Å². The number of nitrogens with zero attached hydrogens (tertiary/aromatic N) is 6. The maximum Gasteiger partial charge on any atom is 0.200 e. The van der Waals surface area contributed by atoms with Crippen molar-refractivity contribution in [3.05, 3.63) is 12.1 Å². The largest absolute Gasteiger partial charge is 0.355 e. The summed E-state index contributed by atoms with van der Waals surface area (Å²) in [5.74, 6) is 1.44. The molecule has 6 nitrogen and oxygen atoms in total. The molecule has 0 aliphatic carbocycles. The number of fused-ring (bicyclic) bond motifs is 1. The minimum absolute atomic E-state index is 0.418. The fourth-order valence-electron chi connectivity index (χ4n) is 1.48. The molecular formula is C10H16N6. The summed E-state index contributed by atoms with van der Waals surface area (Å²) in [6.45, 7) is 6.56. The van der Waals surface area contributed by atoms with Crippen molar-refractivity contribution in [2.24, 2.45) is 5.92 Å². The number of aromatic nitrogens is 5. The zero-order valence-electron chi connectivity index (χ0n) is 9.99. The molecule has 0 radical (unpaired) electrons. The van der Waals surface area contributed by atoms with Crippen molar-refractivity contribution in [1.82, 2.24) is 25.3 Å². The third-order valence-corrected chi connectivity index (χ3v) is 2.99. The molecule has 86 valence electrons. The normalized spacial score (nSPS) is 13.3. The Balaban J connectivity index is 2.32. The quantitative estimate of drug-likeness (QED) is 0.772. The Labute approximate surface area is 94.3 Å². The summed E-state index contributed by atoms with van der Waals surface area (Å²) in [4.78, 5) is 2.13. The van der Waals surface area contributed by atoms with Crippen molar-refractivity contribution >= 4 is 11.5 Å². The average Bonchev–Trinajstić information content (AvgIpc) is 2.73. The molecule has 2 aromatic heterocycles. The topological polar surface area (TPSA) is 59.2 Å². The van der Waals surface area contributed by atoms with Crippen LogP contribution in [0.2, 0.25) is 0 Å². The maximum atomic E-state index is 4.35. The van der Waals surface area contributed by atoms with Gasteiger partial charge in [-0.15, -0.1) is 14.8 Å². The van der Waals surface area contributed by atoms with Crippen LogP contribution in [-0.4, -0.2) is 38.3 Å². The van der Waals surface area contributed by atoms with Crippen molar-refractivity contribution in [2.75, 3.05) is 11.9 Å². The molecule has 1 unspecified atom stereocenters. The predicted octanol–water partition coefficient (Wildman–Crippen LogP) is 1.000. The van der Waals surface area contributed by atoms with E-state index in [-0.39, 0.29) is 0 Å². The second kappa shape index (κ2) is 4.03. The molecule has 1 atom stereocenters. The highest BCUT2D eigenvalue weighted by molar-refractivity contribution is 5.44. The van der Waals surface area contributed by atoms with Gasteiger partial charge in [0, 0.05) is 13.1 Å². The van der Waals surface area contributed by atoms with E-state index in [0.717, 1.165) is 5.82 Å². The second-order valence-electron chi connectivity index (χ2n) is 4.31. The zero-order chi connectivity index (χ0) is 11.7. The van der Waals surface area contributed by atoms with Crippen LogP contribution in [0.4, 0.5) is 5.82 Å². The van der Waals surface area contributed by atoms with Crippen LogP contribution in [0.1, 0.15) is 20.8 Å². The SMILES string of the molecule is CC(C)C(C)N(C)c1ccc2nnnn2n1. The fourth-order valence-corrected chi connectivity index (χ4v) is 1.48. The maximum absolute atomic E-state index is 4.35. The van der Waals surface area contributed by atoms with Gasteiger partial charge in [-0.1, -0.05) is 13.8 Å². The lowest BCUT2D eigenvalue weighted by Crippen LogP contribution is -2.34. The summed E-state index contributed by atoms with van der Waals surface area (Å²) >= 11 is 0. The molecule has 0 bridgehead atoms. The van der Waals surface area contributed by atoms with Crippen molar-refractivity contribution in [3.63, 3.8) is 0 Å². The van der Waals surface area contributed by atoms with Crippen LogP contribution in [0, 0.1) is 5.92 Å². The molecule has 16 heavy (non-hydrogen) atoms. The molecule has 0 fully saturated rings. The molecule has 2 rings (SSSR count). The molecular weight excluding hydrogens is 204 g/mol. The molecule has 0 saturated carbocycles. The zero-order valence-corrected chi connectivity index (χ0v) is 9.99. The summed E-state index contributed by atoms with van der Waals surface area (Å²) in [7, 11) is 2.03. The van der Waals surface area contributed by atoms with Crippen LogP contribution in [0.3, 0.4) is 0 Å². The molecule has 0 aromatic carbocycles. The highest BCUT2D eigenvalue weighted by atomic mass is 15.6. The molecule has 0 N–H and O–H groups in total. The first-order valence-electron chi connectivity index (χ1n) is 5.38. The highest BCUT2D eigenvalue weighted by Crippen LogP contribution is 2.16. The minimum Gasteiger partial charge on any atom is -0.355 e. The molecule has 0 amide bonds. The highest BCUT2D eigenvalue weighted by Gasteiger charge is 2.15. The van der Waals surface area contributed by atoms with Crippen molar-refractivity contribution in [3.8, 4) is 0 Å². The minimum atomic E-state index is 0.418. The first-order chi connectivity index (χ1) is 7.59. The number of rotatable bonds is 3. The van der Waals surface area contributed by atoms with Crippen molar-refractivity contribution in [2.45, 2.75) is 26.8 Å². The van der Waals surface area contributed by atoms with Crippen LogP contribution in [0.25, 0.3) is 5.65 Å². The molecule has 6 heteroatoms. The second-order valence-corrected chi connectivity index (χ2v) is 4.31. The van der Waals surface area contributed by atoms with Gasteiger partial charge < -0.3 is 4.90 Å². The van der Waals surface area contributed by atoms with Gasteiger partial charge in [0.1, 0.15) is 0 Å². The summed E-state index contributed by atoms with van der Waals surface area (Å²) in [6.07, 6.45) is 0. The van der Waals surface area contributed by atoms with Gasteiger partial charge in [-0.25, -0.2) is 0 Å². The number of anilines is 1.